The van der Waals surface area contributed by atoms with E-state index in [0.717, 1.165) is 0 Å². The van der Waals surface area contributed by atoms with Crippen LogP contribution in [0, 0.1) is 52.3 Å². The minimum absolute atomic E-state index is 0.0197. The van der Waals surface area contributed by atoms with Gasteiger partial charge in [-0.05, 0) is 66.6 Å². The minimum atomic E-state index is -1.68. The molecule has 0 unspecified atom stereocenters. The molecule has 0 bridgehead atoms. The van der Waals surface area contributed by atoms with Crippen LogP contribution < -0.4 is 0 Å². The Bertz CT molecular complexity index is 889. The summed E-state index contributed by atoms with van der Waals surface area (Å²) in [6.45, 7) is 14.2. The molecular weight excluding hydrogens is 472 g/mol. The molecular formula is C30H50O7. The quantitative estimate of drug-likeness (QED) is 0.277. The van der Waals surface area contributed by atoms with Gasteiger partial charge in [-0.3, -0.25) is 4.79 Å². The molecule has 4 saturated carbocycles. The SMILES string of the molecule is CC(=O)O[C@H]1C[C@H]2[C@@H]3[C@@H](O)[C@@H](O)[C@@]4(O)C[C@@H](O)CC[C@]4(C)[C@H]3[C@@H](O)C[C@]2(C)[C@H]1[C@H](C)/C=C/[C@H](C)C(C)C. The summed E-state index contributed by atoms with van der Waals surface area (Å²) in [6.07, 6.45) is 1.77. The van der Waals surface area contributed by atoms with Gasteiger partial charge < -0.3 is 30.3 Å². The number of ether oxygens (including phenoxy) is 1. The van der Waals surface area contributed by atoms with Crippen molar-refractivity contribution in [3.63, 3.8) is 0 Å². The zero-order chi connectivity index (χ0) is 27.7. The Kier molecular flexibility index (Phi) is 7.75. The first-order chi connectivity index (χ1) is 17.1. The maximum atomic E-state index is 12.2. The molecule has 4 aliphatic rings. The maximum Gasteiger partial charge on any atom is 0.302 e. The number of aliphatic hydroxyl groups is 5. The molecule has 37 heavy (non-hydrogen) atoms. The van der Waals surface area contributed by atoms with Crippen LogP contribution in [0.1, 0.15) is 80.6 Å². The third kappa shape index (κ3) is 4.41. The first-order valence-corrected chi connectivity index (χ1v) is 14.4. The second kappa shape index (κ2) is 9.88. The van der Waals surface area contributed by atoms with E-state index < -0.39 is 52.7 Å². The Labute approximate surface area is 222 Å². The Balaban J connectivity index is 1.75. The molecule has 0 radical (unpaired) electrons. The van der Waals surface area contributed by atoms with E-state index in [2.05, 4.69) is 46.8 Å². The van der Waals surface area contributed by atoms with Crippen LogP contribution in [0.4, 0.5) is 0 Å². The van der Waals surface area contributed by atoms with E-state index >= 15 is 0 Å². The van der Waals surface area contributed by atoms with E-state index in [1.54, 1.807) is 0 Å². The molecule has 0 spiro atoms. The van der Waals surface area contributed by atoms with Crippen LogP contribution in [-0.2, 0) is 9.53 Å². The van der Waals surface area contributed by atoms with Gasteiger partial charge >= 0.3 is 5.97 Å². The standard InChI is InChI=1S/C30H50O7/c1-15(2)16(3)8-9-17(4)24-22(37-18(5)31)12-20-23-25(21(33)14-28(20,24)6)29(7)11-10-19(32)13-30(29,36)27(35)26(23)34/h8-9,15-17,19-27,32-36H,10-14H2,1-7H3/b9-8+/t16-,17+,19-,20-,21-,22-,23-,24-,25-,26+,27+,28-,29+,30-/m0/s1. The summed E-state index contributed by atoms with van der Waals surface area (Å²) in [5.41, 5.74) is -2.98. The number of hydrogen-bond donors (Lipinski definition) is 5. The number of aliphatic hydroxyl groups excluding tert-OH is 4. The summed E-state index contributed by atoms with van der Waals surface area (Å²) >= 11 is 0. The topological polar surface area (TPSA) is 127 Å². The van der Waals surface area contributed by atoms with Crippen LogP contribution >= 0.6 is 0 Å². The second-order valence-electron chi connectivity index (χ2n) is 13.9. The molecule has 0 heterocycles. The first kappa shape index (κ1) is 29.0. The van der Waals surface area contributed by atoms with E-state index in [0.29, 0.717) is 37.5 Å². The van der Waals surface area contributed by atoms with E-state index in [1.807, 2.05) is 6.92 Å². The molecule has 5 N–H and O–H groups in total. The van der Waals surface area contributed by atoms with Gasteiger partial charge in [0.1, 0.15) is 17.8 Å². The molecule has 0 aromatic rings. The number of hydrogen-bond acceptors (Lipinski definition) is 7. The van der Waals surface area contributed by atoms with Crippen LogP contribution in [0.15, 0.2) is 12.2 Å². The predicted molar refractivity (Wildman–Crippen MR) is 140 cm³/mol. The third-order valence-corrected chi connectivity index (χ3v) is 11.6. The molecule has 4 fully saturated rings. The van der Waals surface area contributed by atoms with Gasteiger partial charge in [0.25, 0.3) is 0 Å². The highest BCUT2D eigenvalue weighted by Gasteiger charge is 2.73. The van der Waals surface area contributed by atoms with Gasteiger partial charge in [0.05, 0.1) is 18.3 Å². The highest BCUT2D eigenvalue weighted by atomic mass is 16.5. The van der Waals surface area contributed by atoms with Crippen molar-refractivity contribution in [2.24, 2.45) is 52.3 Å². The highest BCUT2D eigenvalue weighted by Crippen LogP contribution is 2.69. The van der Waals surface area contributed by atoms with E-state index in [4.69, 9.17) is 4.74 Å². The molecule has 0 aromatic carbocycles. The van der Waals surface area contributed by atoms with E-state index in [1.165, 1.54) is 6.92 Å². The molecule has 0 aliphatic heterocycles. The second-order valence-corrected chi connectivity index (χ2v) is 13.9. The minimum Gasteiger partial charge on any atom is -0.462 e. The van der Waals surface area contributed by atoms with Crippen LogP contribution in [0.2, 0.25) is 0 Å². The van der Waals surface area contributed by atoms with Gasteiger partial charge in [-0.15, -0.1) is 0 Å². The maximum absolute atomic E-state index is 12.2. The smallest absolute Gasteiger partial charge is 0.302 e. The highest BCUT2D eigenvalue weighted by molar-refractivity contribution is 5.66. The molecule has 0 aromatic heterocycles. The number of esters is 1. The fraction of sp³-hybridized carbons (Fsp3) is 0.900. The molecule has 7 heteroatoms. The molecule has 4 aliphatic carbocycles. The first-order valence-electron chi connectivity index (χ1n) is 14.4. The molecule has 7 nitrogen and oxygen atoms in total. The van der Waals surface area contributed by atoms with Crippen molar-refractivity contribution in [3.8, 4) is 0 Å². The van der Waals surface area contributed by atoms with E-state index in [9.17, 15) is 30.3 Å². The zero-order valence-electron chi connectivity index (χ0n) is 23.7. The van der Waals surface area contributed by atoms with Gasteiger partial charge in [0.15, 0.2) is 0 Å². The van der Waals surface area contributed by atoms with Gasteiger partial charge in [-0.1, -0.05) is 53.7 Å². The van der Waals surface area contributed by atoms with Crippen LogP contribution in [0.5, 0.6) is 0 Å². The monoisotopic (exact) mass is 522 g/mol. The van der Waals surface area contributed by atoms with Gasteiger partial charge in [0.2, 0.25) is 0 Å². The van der Waals surface area contributed by atoms with Gasteiger partial charge in [-0.25, -0.2) is 0 Å². The van der Waals surface area contributed by atoms with Crippen molar-refractivity contribution in [1.29, 1.82) is 0 Å². The van der Waals surface area contributed by atoms with Crippen molar-refractivity contribution in [2.75, 3.05) is 0 Å². The molecule has 4 rings (SSSR count). The third-order valence-electron chi connectivity index (χ3n) is 11.6. The summed E-state index contributed by atoms with van der Waals surface area (Å²) in [4.78, 5) is 12.2. The van der Waals surface area contributed by atoms with Crippen molar-refractivity contribution < 1.29 is 35.1 Å². The average molecular weight is 523 g/mol. The predicted octanol–water partition coefficient (Wildman–Crippen LogP) is 3.06. The lowest BCUT2D eigenvalue weighted by atomic mass is 9.41. The van der Waals surface area contributed by atoms with Crippen molar-refractivity contribution in [1.82, 2.24) is 0 Å². The normalized spacial score (nSPS) is 51.3. The van der Waals surface area contributed by atoms with Crippen molar-refractivity contribution in [3.05, 3.63) is 12.2 Å². The lowest BCUT2D eigenvalue weighted by molar-refractivity contribution is -0.313. The molecule has 212 valence electrons. The van der Waals surface area contributed by atoms with Crippen molar-refractivity contribution >= 4 is 5.97 Å². The molecule has 0 amide bonds. The Morgan fingerprint density at radius 3 is 2.27 bits per heavy atom. The van der Waals surface area contributed by atoms with Gasteiger partial charge in [0, 0.05) is 24.7 Å². The average Bonchev–Trinajstić information content (AvgIpc) is 3.07. The van der Waals surface area contributed by atoms with Gasteiger partial charge in [-0.2, -0.15) is 0 Å². The number of carbonyl (C=O) groups excluding carboxylic acids is 1. The summed E-state index contributed by atoms with van der Waals surface area (Å²) in [5, 5.41) is 56.8. The largest absolute Gasteiger partial charge is 0.462 e. The molecule has 0 saturated heterocycles. The van der Waals surface area contributed by atoms with Crippen LogP contribution in [0.3, 0.4) is 0 Å². The Morgan fingerprint density at radius 2 is 1.68 bits per heavy atom. The van der Waals surface area contributed by atoms with Crippen LogP contribution in [-0.4, -0.2) is 67.6 Å². The summed E-state index contributed by atoms with van der Waals surface area (Å²) in [6, 6.07) is 0. The molecule has 14 atom stereocenters. The Morgan fingerprint density at radius 1 is 1.03 bits per heavy atom. The number of allylic oxidation sites excluding steroid dienone is 2. The number of fused-ring (bicyclic) bond motifs is 5. The summed E-state index contributed by atoms with van der Waals surface area (Å²) in [7, 11) is 0. The Hall–Kier alpha value is -0.990. The summed E-state index contributed by atoms with van der Waals surface area (Å²) < 4.78 is 5.92. The zero-order valence-corrected chi connectivity index (χ0v) is 23.7. The fourth-order valence-electron chi connectivity index (χ4n) is 9.36. The lowest BCUT2D eigenvalue weighted by Crippen LogP contribution is -2.75. The number of carbonyl (C=O) groups is 1. The fourth-order valence-corrected chi connectivity index (χ4v) is 9.36. The van der Waals surface area contributed by atoms with Crippen molar-refractivity contribution in [2.45, 2.75) is 117 Å². The van der Waals surface area contributed by atoms with Crippen LogP contribution in [0.25, 0.3) is 0 Å². The number of rotatable bonds is 5. The lowest BCUT2D eigenvalue weighted by Gasteiger charge is -2.67. The van der Waals surface area contributed by atoms with E-state index in [-0.39, 0.29) is 36.2 Å². The summed E-state index contributed by atoms with van der Waals surface area (Å²) in [5.74, 6) is -0.423.